The summed E-state index contributed by atoms with van der Waals surface area (Å²) in [7, 11) is 1.85. The largest absolute Gasteiger partial charge is 0.353 e. The van der Waals surface area contributed by atoms with E-state index in [1.807, 2.05) is 25.5 Å². The van der Waals surface area contributed by atoms with E-state index < -0.39 is 0 Å². The zero-order valence-electron chi connectivity index (χ0n) is 18.1. The van der Waals surface area contributed by atoms with E-state index in [0.717, 1.165) is 37.8 Å². The molecular weight excluding hydrogens is 346 g/mol. The van der Waals surface area contributed by atoms with Crippen molar-refractivity contribution in [1.29, 1.82) is 0 Å². The molecule has 0 radical (unpaired) electrons. The third-order valence-electron chi connectivity index (χ3n) is 5.21. The van der Waals surface area contributed by atoms with Crippen LogP contribution in [0.15, 0.2) is 53.8 Å². The molecule has 28 heavy (non-hydrogen) atoms. The van der Waals surface area contributed by atoms with Gasteiger partial charge in [0.2, 0.25) is 5.91 Å². The minimum Gasteiger partial charge on any atom is -0.353 e. The van der Waals surface area contributed by atoms with Gasteiger partial charge in [0, 0.05) is 38.1 Å². The van der Waals surface area contributed by atoms with E-state index in [1.54, 1.807) is 6.08 Å². The summed E-state index contributed by atoms with van der Waals surface area (Å²) in [5, 5.41) is 2.88. The molecule has 1 rings (SSSR count). The molecule has 0 aliphatic heterocycles. The minimum absolute atomic E-state index is 0.114. The highest BCUT2D eigenvalue weighted by Crippen LogP contribution is 2.22. The first-order valence-electron chi connectivity index (χ1n) is 10.4. The molecule has 1 amide bonds. The fourth-order valence-electron chi connectivity index (χ4n) is 3.23. The van der Waals surface area contributed by atoms with Crippen LogP contribution in [0.25, 0.3) is 0 Å². The van der Waals surface area contributed by atoms with E-state index in [9.17, 15) is 4.79 Å². The van der Waals surface area contributed by atoms with Gasteiger partial charge in [-0.25, -0.2) is 0 Å². The summed E-state index contributed by atoms with van der Waals surface area (Å²) in [4.78, 5) is 20.6. The van der Waals surface area contributed by atoms with E-state index in [1.165, 1.54) is 11.1 Å². The number of hydrogen-bond acceptors (Lipinski definition) is 3. The van der Waals surface area contributed by atoms with E-state index in [2.05, 4.69) is 54.8 Å². The molecule has 0 spiro atoms. The van der Waals surface area contributed by atoms with Crippen molar-refractivity contribution in [3.63, 3.8) is 0 Å². The first-order chi connectivity index (χ1) is 13.5. The van der Waals surface area contributed by atoms with E-state index in [4.69, 9.17) is 0 Å². The number of aromatic nitrogens is 1. The van der Waals surface area contributed by atoms with Gasteiger partial charge in [0.25, 0.3) is 0 Å². The molecule has 2 unspecified atom stereocenters. The van der Waals surface area contributed by atoms with Crippen molar-refractivity contribution >= 4 is 11.6 Å². The van der Waals surface area contributed by atoms with Gasteiger partial charge in [0.05, 0.1) is 0 Å². The Labute approximate surface area is 171 Å². The third-order valence-corrected chi connectivity index (χ3v) is 5.21. The lowest BCUT2D eigenvalue weighted by Crippen LogP contribution is -2.25. The van der Waals surface area contributed by atoms with Crippen molar-refractivity contribution in [2.24, 2.45) is 16.8 Å². The Kier molecular flexibility index (Phi) is 11.8. The van der Waals surface area contributed by atoms with Crippen LogP contribution in [0, 0.1) is 11.8 Å². The summed E-state index contributed by atoms with van der Waals surface area (Å²) in [6, 6.07) is 4.12. The van der Waals surface area contributed by atoms with Crippen LogP contribution >= 0.6 is 0 Å². The molecule has 1 N–H and O–H groups in total. The van der Waals surface area contributed by atoms with Crippen molar-refractivity contribution < 1.29 is 4.79 Å². The fraction of sp³-hybridized carbons (Fsp3) is 0.542. The highest BCUT2D eigenvalue weighted by molar-refractivity contribution is 5.98. The van der Waals surface area contributed by atoms with Crippen molar-refractivity contribution in [1.82, 2.24) is 10.3 Å². The molecule has 1 heterocycles. The average Bonchev–Trinajstić information content (AvgIpc) is 2.72. The summed E-state index contributed by atoms with van der Waals surface area (Å²) in [5.74, 6) is 0.981. The lowest BCUT2D eigenvalue weighted by molar-refractivity contribution is -0.121. The highest BCUT2D eigenvalue weighted by Gasteiger charge is 2.14. The zero-order valence-corrected chi connectivity index (χ0v) is 18.1. The van der Waals surface area contributed by atoms with Crippen molar-refractivity contribution in [3.8, 4) is 0 Å². The first-order valence-corrected chi connectivity index (χ1v) is 10.4. The van der Waals surface area contributed by atoms with Gasteiger partial charge < -0.3 is 5.32 Å². The van der Waals surface area contributed by atoms with Crippen LogP contribution in [0.4, 0.5) is 0 Å². The Morgan fingerprint density at radius 1 is 1.39 bits per heavy atom. The Hall–Kier alpha value is -2.23. The Morgan fingerprint density at radius 3 is 2.79 bits per heavy atom. The number of rotatable bonds is 13. The molecule has 0 bridgehead atoms. The van der Waals surface area contributed by atoms with Crippen LogP contribution < -0.4 is 5.32 Å². The number of hydrogen-bond donors (Lipinski definition) is 1. The van der Waals surface area contributed by atoms with E-state index in [0.29, 0.717) is 24.8 Å². The molecule has 1 aromatic rings. The van der Waals surface area contributed by atoms with Gasteiger partial charge in [-0.2, -0.15) is 0 Å². The number of aliphatic imine (C=N–C) groups is 1. The minimum atomic E-state index is 0.114. The van der Waals surface area contributed by atoms with Crippen molar-refractivity contribution in [2.45, 2.75) is 59.3 Å². The highest BCUT2D eigenvalue weighted by atomic mass is 16.1. The zero-order chi connectivity index (χ0) is 20.8. The Bertz CT molecular complexity index is 649. The second kappa shape index (κ2) is 13.9. The predicted molar refractivity (Wildman–Crippen MR) is 120 cm³/mol. The van der Waals surface area contributed by atoms with Crippen LogP contribution in [-0.2, 0) is 11.2 Å². The molecule has 0 saturated carbocycles. The predicted octanol–water partition coefficient (Wildman–Crippen LogP) is 5.17. The smallest absolute Gasteiger partial charge is 0.220 e. The lowest BCUT2D eigenvalue weighted by Gasteiger charge is -2.17. The van der Waals surface area contributed by atoms with Gasteiger partial charge >= 0.3 is 0 Å². The summed E-state index contributed by atoms with van der Waals surface area (Å²) in [5.41, 5.74) is 3.69. The first kappa shape index (κ1) is 23.8. The number of amides is 1. The summed E-state index contributed by atoms with van der Waals surface area (Å²) >= 11 is 0. The number of allylic oxidation sites excluding steroid dienone is 2. The number of pyridine rings is 1. The number of carbonyl (C=O) groups excluding carboxylic acids is 1. The standard InChI is InChI=1S/C24H37N3O/c1-6-14-27-24(28)17-21(7-2)12-13-23(20(4)25-5)16-19(3)10-11-22-9-8-15-26-18-22/h6,8-9,15-16,18-19,21H,1,7,10-14,17H2,2-5H3,(H,27,28). The molecule has 0 aliphatic rings. The normalized spacial score (nSPS) is 14.4. The summed E-state index contributed by atoms with van der Waals surface area (Å²) < 4.78 is 0. The third kappa shape index (κ3) is 9.63. The fourth-order valence-corrected chi connectivity index (χ4v) is 3.23. The molecule has 0 aliphatic carbocycles. The second-order valence-electron chi connectivity index (χ2n) is 7.49. The van der Waals surface area contributed by atoms with Crippen molar-refractivity contribution in [2.75, 3.05) is 13.6 Å². The SMILES string of the molecule is C=CCNC(=O)CC(CC)CCC(=CC(C)CCc1cccnc1)C(C)=NC. The summed E-state index contributed by atoms with van der Waals surface area (Å²) in [6.45, 7) is 10.7. The Morgan fingerprint density at radius 2 is 2.18 bits per heavy atom. The molecule has 2 atom stereocenters. The van der Waals surface area contributed by atoms with E-state index >= 15 is 0 Å². The van der Waals surface area contributed by atoms with Crippen LogP contribution in [0.2, 0.25) is 0 Å². The number of carbonyl (C=O) groups is 1. The number of aryl methyl sites for hydroxylation is 1. The topological polar surface area (TPSA) is 54.4 Å². The van der Waals surface area contributed by atoms with Gasteiger partial charge in [0.15, 0.2) is 0 Å². The molecule has 0 fully saturated rings. The van der Waals surface area contributed by atoms with Crippen LogP contribution in [0.3, 0.4) is 0 Å². The quantitative estimate of drug-likeness (QED) is 0.377. The van der Waals surface area contributed by atoms with E-state index in [-0.39, 0.29) is 5.91 Å². The van der Waals surface area contributed by atoms with Gasteiger partial charge in [-0.15, -0.1) is 6.58 Å². The molecular formula is C24H37N3O. The maximum Gasteiger partial charge on any atom is 0.220 e. The maximum atomic E-state index is 12.0. The van der Waals surface area contributed by atoms with Gasteiger partial charge in [-0.3, -0.25) is 14.8 Å². The van der Waals surface area contributed by atoms with Crippen LogP contribution in [0.5, 0.6) is 0 Å². The van der Waals surface area contributed by atoms with Crippen molar-refractivity contribution in [3.05, 3.63) is 54.4 Å². The molecule has 0 aromatic carbocycles. The maximum absolute atomic E-state index is 12.0. The second-order valence-corrected chi connectivity index (χ2v) is 7.49. The van der Waals surface area contributed by atoms with Gasteiger partial charge in [-0.1, -0.05) is 38.5 Å². The van der Waals surface area contributed by atoms with Gasteiger partial charge in [0.1, 0.15) is 0 Å². The van der Waals surface area contributed by atoms with Gasteiger partial charge in [-0.05, 0) is 61.6 Å². The molecule has 0 saturated heterocycles. The number of nitrogens with one attached hydrogen (secondary N) is 1. The van der Waals surface area contributed by atoms with Crippen LogP contribution in [0.1, 0.15) is 58.4 Å². The van der Waals surface area contributed by atoms with Crippen LogP contribution in [-0.4, -0.2) is 30.2 Å². The molecule has 1 aromatic heterocycles. The lowest BCUT2D eigenvalue weighted by atomic mass is 9.90. The molecule has 154 valence electrons. The molecule has 4 heteroatoms. The number of nitrogens with zero attached hydrogens (tertiary/aromatic N) is 2. The molecule has 4 nitrogen and oxygen atoms in total. The Balaban J connectivity index is 2.64. The average molecular weight is 384 g/mol. The summed E-state index contributed by atoms with van der Waals surface area (Å²) in [6.07, 6.45) is 13.5. The monoisotopic (exact) mass is 383 g/mol.